The minimum Gasteiger partial charge on any atom is -0.347 e. The maximum Gasteiger partial charge on any atom is 0.273 e. The molecule has 0 saturated heterocycles. The monoisotopic (exact) mass is 360 g/mol. The first kappa shape index (κ1) is 17.5. The van der Waals surface area contributed by atoms with E-state index in [-0.39, 0.29) is 5.91 Å². The molecule has 2 aromatic carbocycles. The number of nitrogens with zero attached hydrogens (tertiary/aromatic N) is 3. The first-order valence-electron chi connectivity index (χ1n) is 9.64. The molecule has 1 aromatic heterocycles. The minimum atomic E-state index is -0.179. The second-order valence-corrected chi connectivity index (χ2v) is 7.12. The molecule has 1 amide bonds. The lowest BCUT2D eigenvalue weighted by atomic mass is 9.96. The molecule has 5 heteroatoms. The average molecular weight is 360 g/mol. The molecular weight excluding hydrogens is 336 g/mol. The average Bonchev–Trinajstić information content (AvgIpc) is 3.24. The zero-order chi connectivity index (χ0) is 18.5. The van der Waals surface area contributed by atoms with Crippen LogP contribution in [0, 0.1) is 0 Å². The number of hydrogen-bond donors (Lipinski definition) is 1. The van der Waals surface area contributed by atoms with Crippen molar-refractivity contribution in [2.75, 3.05) is 0 Å². The van der Waals surface area contributed by atoms with E-state index in [1.54, 1.807) is 6.20 Å². The third kappa shape index (κ3) is 4.25. The number of carbonyl (C=O) groups excluding carboxylic acids is 1. The minimum absolute atomic E-state index is 0.179. The van der Waals surface area contributed by atoms with Crippen LogP contribution in [0.4, 0.5) is 0 Å². The molecule has 5 nitrogen and oxygen atoms in total. The summed E-state index contributed by atoms with van der Waals surface area (Å²) in [6, 6.07) is 18.8. The highest BCUT2D eigenvalue weighted by molar-refractivity contribution is 5.91. The van der Waals surface area contributed by atoms with E-state index in [1.165, 1.54) is 24.8 Å². The molecule has 0 atom stereocenters. The van der Waals surface area contributed by atoms with E-state index in [1.807, 2.05) is 35.0 Å². The SMILES string of the molecule is O=C(NCc1cccc(-c2ccccc2)c1)c1cn(C2CCCCC2)nn1. The molecule has 1 aliphatic rings. The highest BCUT2D eigenvalue weighted by atomic mass is 16.2. The van der Waals surface area contributed by atoms with Crippen LogP contribution in [0.15, 0.2) is 60.8 Å². The van der Waals surface area contributed by atoms with Gasteiger partial charge in [0.05, 0.1) is 12.2 Å². The summed E-state index contributed by atoms with van der Waals surface area (Å²) in [6.07, 6.45) is 7.77. The standard InChI is InChI=1S/C22H24N4O/c27-22(21-16-26(25-24-21)20-12-5-2-6-13-20)23-15-17-8-7-11-19(14-17)18-9-3-1-4-10-18/h1,3-4,7-11,14,16,20H,2,5-6,12-13,15H2,(H,23,27). The number of aromatic nitrogens is 3. The maximum absolute atomic E-state index is 12.4. The van der Waals surface area contributed by atoms with Crippen LogP contribution in [0.3, 0.4) is 0 Å². The number of benzene rings is 2. The van der Waals surface area contributed by atoms with Crippen LogP contribution < -0.4 is 5.32 Å². The van der Waals surface area contributed by atoms with Crippen LogP contribution >= 0.6 is 0 Å². The van der Waals surface area contributed by atoms with E-state index < -0.39 is 0 Å². The highest BCUT2D eigenvalue weighted by Crippen LogP contribution is 2.27. The Morgan fingerprint density at radius 2 is 1.78 bits per heavy atom. The lowest BCUT2D eigenvalue weighted by molar-refractivity contribution is 0.0946. The molecule has 1 N–H and O–H groups in total. The fourth-order valence-electron chi connectivity index (χ4n) is 3.67. The fourth-order valence-corrected chi connectivity index (χ4v) is 3.67. The van der Waals surface area contributed by atoms with Crippen molar-refractivity contribution in [3.05, 3.63) is 72.1 Å². The summed E-state index contributed by atoms with van der Waals surface area (Å²) in [5.74, 6) is -0.179. The summed E-state index contributed by atoms with van der Waals surface area (Å²) in [4.78, 5) is 12.4. The highest BCUT2D eigenvalue weighted by Gasteiger charge is 2.18. The van der Waals surface area contributed by atoms with Gasteiger partial charge in [-0.1, -0.05) is 73.0 Å². The summed E-state index contributed by atoms with van der Waals surface area (Å²) < 4.78 is 1.87. The van der Waals surface area contributed by atoms with Gasteiger partial charge in [0.15, 0.2) is 5.69 Å². The van der Waals surface area contributed by atoms with Gasteiger partial charge in [0.25, 0.3) is 5.91 Å². The van der Waals surface area contributed by atoms with Crippen LogP contribution in [0.25, 0.3) is 11.1 Å². The molecular formula is C22H24N4O. The molecule has 0 radical (unpaired) electrons. The molecule has 27 heavy (non-hydrogen) atoms. The van der Waals surface area contributed by atoms with E-state index in [4.69, 9.17) is 0 Å². The number of amides is 1. The molecule has 138 valence electrons. The number of carbonyl (C=O) groups is 1. The Morgan fingerprint density at radius 1 is 1.00 bits per heavy atom. The van der Waals surface area contributed by atoms with E-state index >= 15 is 0 Å². The summed E-state index contributed by atoms with van der Waals surface area (Å²) >= 11 is 0. The van der Waals surface area contributed by atoms with Crippen molar-refractivity contribution in [2.24, 2.45) is 0 Å². The van der Waals surface area contributed by atoms with Crippen molar-refractivity contribution in [1.82, 2.24) is 20.3 Å². The summed E-state index contributed by atoms with van der Waals surface area (Å²) in [7, 11) is 0. The Balaban J connectivity index is 1.39. The van der Waals surface area contributed by atoms with Crippen molar-refractivity contribution in [3.8, 4) is 11.1 Å². The lowest BCUT2D eigenvalue weighted by Gasteiger charge is -2.20. The predicted molar refractivity (Wildman–Crippen MR) is 105 cm³/mol. The zero-order valence-electron chi connectivity index (χ0n) is 15.3. The summed E-state index contributed by atoms with van der Waals surface area (Å²) in [5, 5.41) is 11.2. The van der Waals surface area contributed by atoms with Crippen LogP contribution in [0.2, 0.25) is 0 Å². The van der Waals surface area contributed by atoms with Gasteiger partial charge in [0.1, 0.15) is 0 Å². The van der Waals surface area contributed by atoms with Crippen molar-refractivity contribution in [2.45, 2.75) is 44.7 Å². The lowest BCUT2D eigenvalue weighted by Crippen LogP contribution is -2.23. The summed E-state index contributed by atoms with van der Waals surface area (Å²) in [6.45, 7) is 0.468. The van der Waals surface area contributed by atoms with Crippen molar-refractivity contribution in [3.63, 3.8) is 0 Å². The Labute approximate surface area is 159 Å². The smallest absolute Gasteiger partial charge is 0.273 e. The Hall–Kier alpha value is -2.95. The van der Waals surface area contributed by atoms with Gasteiger partial charge >= 0.3 is 0 Å². The Morgan fingerprint density at radius 3 is 2.59 bits per heavy atom. The Bertz CT molecular complexity index is 897. The molecule has 0 spiro atoms. The number of nitrogens with one attached hydrogen (secondary N) is 1. The van der Waals surface area contributed by atoms with E-state index in [9.17, 15) is 4.79 Å². The van der Waals surface area contributed by atoms with Crippen molar-refractivity contribution >= 4 is 5.91 Å². The van der Waals surface area contributed by atoms with Crippen molar-refractivity contribution < 1.29 is 4.79 Å². The van der Waals surface area contributed by atoms with Gasteiger partial charge in [0, 0.05) is 6.54 Å². The summed E-state index contributed by atoms with van der Waals surface area (Å²) in [5.41, 5.74) is 3.76. The molecule has 0 unspecified atom stereocenters. The van der Waals surface area contributed by atoms with E-state index in [2.05, 4.69) is 39.9 Å². The Kier molecular flexibility index (Phi) is 5.28. The largest absolute Gasteiger partial charge is 0.347 e. The van der Waals surface area contributed by atoms with Gasteiger partial charge in [-0.25, -0.2) is 4.68 Å². The van der Waals surface area contributed by atoms with E-state index in [0.29, 0.717) is 18.3 Å². The van der Waals surface area contributed by atoms with Crippen LogP contribution in [-0.2, 0) is 6.54 Å². The van der Waals surface area contributed by atoms with Crippen LogP contribution in [0.1, 0.15) is 54.2 Å². The predicted octanol–water partition coefficient (Wildman–Crippen LogP) is 4.38. The van der Waals surface area contributed by atoms with Gasteiger partial charge in [0.2, 0.25) is 0 Å². The third-order valence-electron chi connectivity index (χ3n) is 5.18. The van der Waals surface area contributed by atoms with Crippen LogP contribution in [-0.4, -0.2) is 20.9 Å². The van der Waals surface area contributed by atoms with Gasteiger partial charge in [-0.3, -0.25) is 4.79 Å². The molecule has 1 aliphatic carbocycles. The quantitative estimate of drug-likeness (QED) is 0.734. The fraction of sp³-hybridized carbons (Fsp3) is 0.318. The molecule has 4 rings (SSSR count). The first-order chi connectivity index (χ1) is 13.3. The molecule has 1 heterocycles. The van der Waals surface area contributed by atoms with Gasteiger partial charge in [-0.15, -0.1) is 5.10 Å². The number of rotatable bonds is 5. The maximum atomic E-state index is 12.4. The second-order valence-electron chi connectivity index (χ2n) is 7.12. The molecule has 1 saturated carbocycles. The molecule has 0 aliphatic heterocycles. The van der Waals surface area contributed by atoms with E-state index in [0.717, 1.165) is 24.0 Å². The third-order valence-corrected chi connectivity index (χ3v) is 5.18. The van der Waals surface area contributed by atoms with Gasteiger partial charge in [-0.05, 0) is 35.6 Å². The normalized spacial score (nSPS) is 14.8. The molecule has 1 fully saturated rings. The van der Waals surface area contributed by atoms with Gasteiger partial charge < -0.3 is 5.32 Å². The first-order valence-corrected chi connectivity index (χ1v) is 9.64. The topological polar surface area (TPSA) is 59.8 Å². The second kappa shape index (κ2) is 8.16. The zero-order valence-corrected chi connectivity index (χ0v) is 15.3. The van der Waals surface area contributed by atoms with Gasteiger partial charge in [-0.2, -0.15) is 0 Å². The molecule has 0 bridgehead atoms. The number of hydrogen-bond acceptors (Lipinski definition) is 3. The molecule has 3 aromatic rings. The van der Waals surface area contributed by atoms with Crippen LogP contribution in [0.5, 0.6) is 0 Å². The van der Waals surface area contributed by atoms with Crippen molar-refractivity contribution in [1.29, 1.82) is 0 Å².